The molecule has 3 aromatic rings. The topological polar surface area (TPSA) is 51.7 Å². The summed E-state index contributed by atoms with van der Waals surface area (Å²) in [4.78, 5) is 18.8. The molecule has 2 aromatic heterocycles. The van der Waals surface area contributed by atoms with E-state index in [0.717, 1.165) is 16.3 Å². The molecule has 5 nitrogen and oxygen atoms in total. The fraction of sp³-hybridized carbons (Fsp3) is 0.300. The maximum atomic E-state index is 12.3. The molecule has 0 spiro atoms. The van der Waals surface area contributed by atoms with E-state index in [1.165, 1.54) is 9.77 Å². The summed E-state index contributed by atoms with van der Waals surface area (Å²) in [5.41, 5.74) is 3.10. The predicted molar refractivity (Wildman–Crippen MR) is 116 cm³/mol. The number of ether oxygens (including phenoxy) is 2. The lowest BCUT2D eigenvalue weighted by molar-refractivity contribution is -0.137. The maximum absolute atomic E-state index is 12.3. The average Bonchev–Trinajstić information content (AvgIpc) is 3.42. The van der Waals surface area contributed by atoms with Crippen LogP contribution in [0.1, 0.15) is 0 Å². The van der Waals surface area contributed by atoms with E-state index in [0.29, 0.717) is 32.1 Å². The van der Waals surface area contributed by atoms with Gasteiger partial charge in [0.05, 0.1) is 23.1 Å². The van der Waals surface area contributed by atoms with Crippen molar-refractivity contribution in [2.45, 2.75) is 4.21 Å². The number of hydrogen-bond acceptors (Lipinski definition) is 7. The van der Waals surface area contributed by atoms with Crippen LogP contribution in [0, 0.1) is 0 Å². The largest absolute Gasteiger partial charge is 0.484 e. The van der Waals surface area contributed by atoms with Crippen LogP contribution in [-0.2, 0) is 9.53 Å². The second-order valence-corrected chi connectivity index (χ2v) is 9.02. The molecule has 0 radical (unpaired) electrons. The first kappa shape index (κ1) is 19.4. The van der Waals surface area contributed by atoms with Crippen LogP contribution in [-0.4, -0.2) is 55.0 Å². The van der Waals surface area contributed by atoms with Crippen molar-refractivity contribution in [2.24, 2.45) is 0 Å². The summed E-state index contributed by atoms with van der Waals surface area (Å²) in [7, 11) is 0. The van der Waals surface area contributed by atoms with Crippen LogP contribution in [0.5, 0.6) is 5.75 Å². The second-order valence-electron chi connectivity index (χ2n) is 6.17. The van der Waals surface area contributed by atoms with E-state index in [-0.39, 0.29) is 12.5 Å². The summed E-state index contributed by atoms with van der Waals surface area (Å²) in [5, 5.41) is 5.19. The minimum absolute atomic E-state index is 0.00768. The molecule has 0 aliphatic carbocycles. The van der Waals surface area contributed by atoms with Crippen molar-refractivity contribution in [3.8, 4) is 27.6 Å². The summed E-state index contributed by atoms with van der Waals surface area (Å²) < 4.78 is 12.3. The molecule has 1 amide bonds. The first-order chi connectivity index (χ1) is 13.7. The third-order valence-corrected chi connectivity index (χ3v) is 7.37. The highest BCUT2D eigenvalue weighted by Gasteiger charge is 2.17. The van der Waals surface area contributed by atoms with Crippen molar-refractivity contribution in [2.75, 3.05) is 39.2 Å². The van der Waals surface area contributed by atoms with Crippen molar-refractivity contribution in [1.82, 2.24) is 9.88 Å². The van der Waals surface area contributed by atoms with Crippen LogP contribution in [0.4, 0.5) is 0 Å². The number of carbonyl (C=O) groups excluding carboxylic acids is 1. The molecular weight excluding hydrogens is 412 g/mol. The fourth-order valence-electron chi connectivity index (χ4n) is 2.94. The fourth-order valence-corrected chi connectivity index (χ4v) is 5.48. The third kappa shape index (κ3) is 4.41. The number of hydrogen-bond donors (Lipinski definition) is 0. The Kier molecular flexibility index (Phi) is 6.31. The van der Waals surface area contributed by atoms with E-state index < -0.39 is 0 Å². The molecule has 0 unspecified atom stereocenters. The third-order valence-electron chi connectivity index (χ3n) is 4.41. The highest BCUT2D eigenvalue weighted by Crippen LogP contribution is 2.38. The Balaban J connectivity index is 1.44. The van der Waals surface area contributed by atoms with Crippen LogP contribution < -0.4 is 4.74 Å². The number of thioether (sulfide) groups is 1. The number of carbonyl (C=O) groups is 1. The van der Waals surface area contributed by atoms with Gasteiger partial charge < -0.3 is 14.4 Å². The average molecular weight is 433 g/mol. The van der Waals surface area contributed by atoms with Crippen molar-refractivity contribution in [1.29, 1.82) is 0 Å². The van der Waals surface area contributed by atoms with Gasteiger partial charge in [0.1, 0.15) is 10.8 Å². The molecule has 0 N–H and O–H groups in total. The molecule has 1 aliphatic heterocycles. The Morgan fingerprint density at radius 2 is 2.14 bits per heavy atom. The van der Waals surface area contributed by atoms with Gasteiger partial charge in [0, 0.05) is 29.6 Å². The summed E-state index contributed by atoms with van der Waals surface area (Å²) in [6.07, 6.45) is 2.09. The molecule has 1 aliphatic rings. The Bertz CT molecular complexity index is 948. The van der Waals surface area contributed by atoms with E-state index >= 15 is 0 Å². The van der Waals surface area contributed by atoms with Crippen LogP contribution >= 0.6 is 34.4 Å². The molecule has 0 saturated carbocycles. The molecule has 1 saturated heterocycles. The van der Waals surface area contributed by atoms with Gasteiger partial charge in [-0.05, 0) is 29.8 Å². The van der Waals surface area contributed by atoms with Gasteiger partial charge in [0.2, 0.25) is 0 Å². The number of nitrogens with zero attached hydrogens (tertiary/aromatic N) is 2. The van der Waals surface area contributed by atoms with Gasteiger partial charge in [-0.25, -0.2) is 4.98 Å². The van der Waals surface area contributed by atoms with Gasteiger partial charge in [0.25, 0.3) is 5.91 Å². The van der Waals surface area contributed by atoms with Crippen LogP contribution in [0.3, 0.4) is 0 Å². The zero-order chi connectivity index (χ0) is 19.3. The lowest BCUT2D eigenvalue weighted by Gasteiger charge is -2.26. The Labute approximate surface area is 176 Å². The molecule has 146 valence electrons. The number of amides is 1. The molecule has 0 atom stereocenters. The van der Waals surface area contributed by atoms with Gasteiger partial charge in [0.15, 0.2) is 6.61 Å². The van der Waals surface area contributed by atoms with Crippen LogP contribution in [0.25, 0.3) is 21.8 Å². The summed E-state index contributed by atoms with van der Waals surface area (Å²) in [6, 6.07) is 9.87. The number of rotatable bonds is 6. The van der Waals surface area contributed by atoms with Crippen molar-refractivity contribution in [3.05, 3.63) is 41.1 Å². The molecule has 0 bridgehead atoms. The Morgan fingerprint density at radius 3 is 2.96 bits per heavy atom. The van der Waals surface area contributed by atoms with Gasteiger partial charge in [-0.3, -0.25) is 4.79 Å². The standard InChI is InChI=1S/C20H20N2O3S3/c1-26-20-16(5-10-27-20)19-21-17(13-28-19)14-3-2-4-15(11-14)25-12-18(23)22-6-8-24-9-7-22/h2-5,10-11,13H,6-9,12H2,1H3. The zero-order valence-electron chi connectivity index (χ0n) is 15.4. The molecule has 1 aromatic carbocycles. The summed E-state index contributed by atoms with van der Waals surface area (Å²) in [6.45, 7) is 2.48. The Morgan fingerprint density at radius 1 is 1.29 bits per heavy atom. The normalized spacial score (nSPS) is 14.2. The number of morpholine rings is 1. The van der Waals surface area contributed by atoms with Crippen molar-refractivity contribution in [3.63, 3.8) is 0 Å². The van der Waals surface area contributed by atoms with E-state index in [4.69, 9.17) is 14.5 Å². The predicted octanol–water partition coefficient (Wildman–Crippen LogP) is 4.50. The van der Waals surface area contributed by atoms with E-state index in [1.54, 1.807) is 39.3 Å². The summed E-state index contributed by atoms with van der Waals surface area (Å²) in [5.74, 6) is 0.667. The van der Waals surface area contributed by atoms with Crippen LogP contribution in [0.15, 0.2) is 45.3 Å². The van der Waals surface area contributed by atoms with E-state index in [1.807, 2.05) is 24.3 Å². The SMILES string of the molecule is CSc1sccc1-c1nc(-c2cccc(OCC(=O)N3CCOCC3)c2)cs1. The smallest absolute Gasteiger partial charge is 0.260 e. The second kappa shape index (κ2) is 9.09. The highest BCUT2D eigenvalue weighted by atomic mass is 32.2. The van der Waals surface area contributed by atoms with Gasteiger partial charge >= 0.3 is 0 Å². The molecule has 4 rings (SSSR count). The van der Waals surface area contributed by atoms with Gasteiger partial charge in [-0.1, -0.05) is 12.1 Å². The lowest BCUT2D eigenvalue weighted by atomic mass is 10.1. The minimum atomic E-state index is -0.00768. The zero-order valence-corrected chi connectivity index (χ0v) is 17.9. The lowest BCUT2D eigenvalue weighted by Crippen LogP contribution is -2.42. The summed E-state index contributed by atoms with van der Waals surface area (Å²) >= 11 is 5.13. The van der Waals surface area contributed by atoms with Crippen molar-refractivity contribution < 1.29 is 14.3 Å². The monoisotopic (exact) mass is 432 g/mol. The van der Waals surface area contributed by atoms with Crippen molar-refractivity contribution >= 4 is 40.3 Å². The number of thiophene rings is 1. The first-order valence-electron chi connectivity index (χ1n) is 8.91. The molecular formula is C20H20N2O3S3. The number of aromatic nitrogens is 1. The van der Waals surface area contributed by atoms with E-state index in [9.17, 15) is 4.79 Å². The van der Waals surface area contributed by atoms with Gasteiger partial charge in [-0.2, -0.15) is 0 Å². The molecule has 28 heavy (non-hydrogen) atoms. The highest BCUT2D eigenvalue weighted by molar-refractivity contribution is 8.00. The van der Waals surface area contributed by atoms with Gasteiger partial charge in [-0.15, -0.1) is 34.4 Å². The van der Waals surface area contributed by atoms with Crippen LogP contribution in [0.2, 0.25) is 0 Å². The van der Waals surface area contributed by atoms with E-state index in [2.05, 4.69) is 23.1 Å². The number of thiazole rings is 1. The molecule has 1 fully saturated rings. The number of benzene rings is 1. The minimum Gasteiger partial charge on any atom is -0.484 e. The Hall–Kier alpha value is -1.87. The quantitative estimate of drug-likeness (QED) is 0.537. The molecule has 8 heteroatoms. The molecule has 3 heterocycles. The first-order valence-corrected chi connectivity index (χ1v) is 11.9. The maximum Gasteiger partial charge on any atom is 0.260 e.